The average molecular weight is 412 g/mol. The molecule has 31 heavy (non-hydrogen) atoms. The van der Waals surface area contributed by atoms with Crippen LogP contribution in [0.3, 0.4) is 0 Å². The fourth-order valence-electron chi connectivity index (χ4n) is 4.51. The third-order valence-corrected chi connectivity index (χ3v) is 6.45. The molecular formula is C30H37N. The third kappa shape index (κ3) is 3.80. The molecule has 0 aliphatic rings. The summed E-state index contributed by atoms with van der Waals surface area (Å²) in [4.78, 5) is 0. The predicted octanol–water partition coefficient (Wildman–Crippen LogP) is 8.68. The second kappa shape index (κ2) is 6.99. The molecule has 1 heterocycles. The van der Waals surface area contributed by atoms with E-state index >= 15 is 0 Å². The van der Waals surface area contributed by atoms with Gasteiger partial charge in [0.2, 0.25) is 0 Å². The van der Waals surface area contributed by atoms with Crippen LogP contribution in [0.1, 0.15) is 79.0 Å². The molecule has 1 nitrogen and oxygen atoms in total. The molecule has 0 N–H and O–H groups in total. The fourth-order valence-corrected chi connectivity index (χ4v) is 4.51. The molecule has 0 bridgehead atoms. The van der Waals surface area contributed by atoms with Crippen molar-refractivity contribution in [1.29, 1.82) is 0 Å². The van der Waals surface area contributed by atoms with Gasteiger partial charge in [-0.3, -0.25) is 0 Å². The highest BCUT2D eigenvalue weighted by Gasteiger charge is 2.24. The minimum Gasteiger partial charge on any atom is -0.309 e. The zero-order valence-electron chi connectivity index (χ0n) is 20.7. The van der Waals surface area contributed by atoms with E-state index in [1.165, 1.54) is 44.2 Å². The van der Waals surface area contributed by atoms with E-state index < -0.39 is 0 Å². The molecule has 4 aromatic rings. The van der Waals surface area contributed by atoms with Crippen LogP contribution in [0.15, 0.2) is 60.7 Å². The molecule has 0 unspecified atom stereocenters. The summed E-state index contributed by atoms with van der Waals surface area (Å²) in [6, 6.07) is 23.0. The molecule has 0 aliphatic heterocycles. The Hall–Kier alpha value is -2.54. The lowest BCUT2D eigenvalue weighted by atomic mass is 9.85. The summed E-state index contributed by atoms with van der Waals surface area (Å²) in [6.07, 6.45) is 0. The summed E-state index contributed by atoms with van der Waals surface area (Å²) in [5.41, 5.74) is 8.26. The average Bonchev–Trinajstić information content (AvgIpc) is 2.98. The van der Waals surface area contributed by atoms with E-state index in [1.54, 1.807) is 0 Å². The highest BCUT2D eigenvalue weighted by molar-refractivity contribution is 6.09. The van der Waals surface area contributed by atoms with Crippen molar-refractivity contribution in [3.63, 3.8) is 0 Å². The van der Waals surface area contributed by atoms with Crippen molar-refractivity contribution in [2.45, 2.75) is 78.6 Å². The molecule has 0 spiro atoms. The molecule has 0 radical (unpaired) electrons. The van der Waals surface area contributed by atoms with Gasteiger partial charge in [0.25, 0.3) is 0 Å². The summed E-state index contributed by atoms with van der Waals surface area (Å²) in [5.74, 6) is 0. The molecule has 3 aromatic carbocycles. The monoisotopic (exact) mass is 411 g/mol. The third-order valence-electron chi connectivity index (χ3n) is 6.45. The van der Waals surface area contributed by atoms with Crippen LogP contribution < -0.4 is 0 Å². The number of hydrogen-bond acceptors (Lipinski definition) is 0. The Labute approximate surface area is 188 Å². The van der Waals surface area contributed by atoms with E-state index in [0.717, 1.165) is 0 Å². The maximum atomic E-state index is 2.51. The van der Waals surface area contributed by atoms with Crippen molar-refractivity contribution in [3.8, 4) is 5.69 Å². The van der Waals surface area contributed by atoms with Crippen LogP contribution in [0.4, 0.5) is 0 Å². The molecule has 1 aromatic heterocycles. The van der Waals surface area contributed by atoms with Crippen molar-refractivity contribution < 1.29 is 0 Å². The van der Waals surface area contributed by atoms with E-state index in [1.807, 2.05) is 0 Å². The molecule has 4 rings (SSSR count). The maximum Gasteiger partial charge on any atom is 0.0544 e. The number of benzene rings is 3. The molecule has 0 amide bonds. The van der Waals surface area contributed by atoms with Gasteiger partial charge in [-0.2, -0.15) is 0 Å². The molecule has 0 saturated carbocycles. The lowest BCUT2D eigenvalue weighted by molar-refractivity contribution is 0.586. The van der Waals surface area contributed by atoms with Crippen LogP contribution >= 0.6 is 0 Å². The van der Waals surface area contributed by atoms with E-state index in [4.69, 9.17) is 0 Å². The first-order valence-electron chi connectivity index (χ1n) is 11.5. The number of aromatic nitrogens is 1. The smallest absolute Gasteiger partial charge is 0.0544 e. The minimum atomic E-state index is 0.0583. The Morgan fingerprint density at radius 2 is 0.968 bits per heavy atom. The molecule has 0 fully saturated rings. The Morgan fingerprint density at radius 3 is 1.39 bits per heavy atom. The highest BCUT2D eigenvalue weighted by Crippen LogP contribution is 2.39. The lowest BCUT2D eigenvalue weighted by Crippen LogP contribution is -2.15. The number of hydrogen-bond donors (Lipinski definition) is 0. The Balaban J connectivity index is 2.19. The van der Waals surface area contributed by atoms with E-state index in [-0.39, 0.29) is 16.2 Å². The van der Waals surface area contributed by atoms with E-state index in [9.17, 15) is 0 Å². The van der Waals surface area contributed by atoms with E-state index in [2.05, 4.69) is 128 Å². The van der Waals surface area contributed by atoms with Crippen LogP contribution in [-0.4, -0.2) is 4.57 Å². The zero-order chi connectivity index (χ0) is 22.8. The molecular weight excluding hydrogens is 374 g/mol. The highest BCUT2D eigenvalue weighted by atomic mass is 15.0. The Bertz CT molecular complexity index is 1190. The van der Waals surface area contributed by atoms with Crippen LogP contribution in [-0.2, 0) is 16.2 Å². The standard InChI is InChI=1S/C30H37N/c1-28(2,3)20-14-16-22-23-17-15-21(29(4,5)6)19-27(23)31(26(22)18-20)25-13-11-10-12-24(25)30(7,8)9/h10-19H,1-9H3. The summed E-state index contributed by atoms with van der Waals surface area (Å²) in [5, 5.41) is 2.65. The van der Waals surface area contributed by atoms with Gasteiger partial charge in [-0.15, -0.1) is 0 Å². The van der Waals surface area contributed by atoms with Crippen molar-refractivity contribution in [1.82, 2.24) is 4.57 Å². The minimum absolute atomic E-state index is 0.0583. The maximum absolute atomic E-state index is 2.51. The first kappa shape index (κ1) is 21.7. The van der Waals surface area contributed by atoms with Crippen molar-refractivity contribution in [3.05, 3.63) is 77.4 Å². The van der Waals surface area contributed by atoms with Crippen LogP contribution in [0.25, 0.3) is 27.5 Å². The quantitative estimate of drug-likeness (QED) is 0.295. The first-order valence-corrected chi connectivity index (χ1v) is 11.5. The van der Waals surface area contributed by atoms with Gasteiger partial charge in [0.1, 0.15) is 0 Å². The largest absolute Gasteiger partial charge is 0.309 e. The van der Waals surface area contributed by atoms with Gasteiger partial charge in [-0.1, -0.05) is 105 Å². The lowest BCUT2D eigenvalue weighted by Gasteiger charge is -2.25. The molecule has 1 heteroatoms. The van der Waals surface area contributed by atoms with E-state index in [0.29, 0.717) is 0 Å². The Kier molecular flexibility index (Phi) is 4.89. The van der Waals surface area contributed by atoms with Crippen molar-refractivity contribution in [2.75, 3.05) is 0 Å². The fraction of sp³-hybridized carbons (Fsp3) is 0.400. The van der Waals surface area contributed by atoms with Gasteiger partial charge in [-0.25, -0.2) is 0 Å². The Morgan fingerprint density at radius 1 is 0.516 bits per heavy atom. The predicted molar refractivity (Wildman–Crippen MR) is 137 cm³/mol. The van der Waals surface area contributed by atoms with Gasteiger partial charge >= 0.3 is 0 Å². The van der Waals surface area contributed by atoms with Crippen molar-refractivity contribution >= 4 is 21.8 Å². The van der Waals surface area contributed by atoms with Crippen LogP contribution in [0.2, 0.25) is 0 Å². The van der Waals surface area contributed by atoms with Crippen LogP contribution in [0.5, 0.6) is 0 Å². The van der Waals surface area contributed by atoms with Gasteiger partial charge in [0.05, 0.1) is 11.0 Å². The van der Waals surface area contributed by atoms with Gasteiger partial charge in [0, 0.05) is 16.5 Å². The number of fused-ring (bicyclic) bond motifs is 3. The molecule has 0 aliphatic carbocycles. The topological polar surface area (TPSA) is 4.93 Å². The number of rotatable bonds is 1. The SMILES string of the molecule is CC(C)(C)c1ccc2c3ccc(C(C)(C)C)cc3n(-c3ccccc3C(C)(C)C)c2c1. The first-order chi connectivity index (χ1) is 14.3. The number of nitrogens with zero attached hydrogens (tertiary/aromatic N) is 1. The van der Waals surface area contributed by atoms with Gasteiger partial charge in [0.15, 0.2) is 0 Å². The van der Waals surface area contributed by atoms with Gasteiger partial charge < -0.3 is 4.57 Å². The second-order valence-corrected chi connectivity index (χ2v) is 12.1. The van der Waals surface area contributed by atoms with Gasteiger partial charge in [-0.05, 0) is 51.1 Å². The van der Waals surface area contributed by atoms with Crippen LogP contribution in [0, 0.1) is 0 Å². The summed E-state index contributed by atoms with van der Waals surface area (Å²) in [6.45, 7) is 20.7. The summed E-state index contributed by atoms with van der Waals surface area (Å²) >= 11 is 0. The second-order valence-electron chi connectivity index (χ2n) is 12.1. The summed E-state index contributed by atoms with van der Waals surface area (Å²) < 4.78 is 2.51. The number of para-hydroxylation sites is 1. The summed E-state index contributed by atoms with van der Waals surface area (Å²) in [7, 11) is 0. The zero-order valence-corrected chi connectivity index (χ0v) is 20.7. The van der Waals surface area contributed by atoms with Crippen molar-refractivity contribution in [2.24, 2.45) is 0 Å². The molecule has 0 saturated heterocycles. The normalized spacial score (nSPS) is 13.3. The molecule has 162 valence electrons. The molecule has 0 atom stereocenters.